The monoisotopic (exact) mass is 296 g/mol. The molecule has 0 aromatic rings. The summed E-state index contributed by atoms with van der Waals surface area (Å²) in [4.78, 5) is 32.0. The van der Waals surface area contributed by atoms with E-state index in [1.54, 1.807) is 0 Å². The van der Waals surface area contributed by atoms with Crippen LogP contribution in [-0.4, -0.2) is 43.7 Å². The molecule has 1 aliphatic rings. The quantitative estimate of drug-likeness (QED) is 0.623. The second-order valence-electron chi connectivity index (χ2n) is 1.29. The molecule has 0 aromatic heterocycles. The first-order valence-electron chi connectivity index (χ1n) is 3.31. The number of thioether (sulfide) groups is 2. The molecule has 92 valence electrons. The molecule has 1 rings (SSSR count). The zero-order valence-electron chi connectivity index (χ0n) is 8.46. The summed E-state index contributed by atoms with van der Waals surface area (Å²) in [5.74, 6) is 2.79. The van der Waals surface area contributed by atoms with Gasteiger partial charge in [-0.3, -0.25) is 0 Å². The number of carbonyl (C=O) groups is 4. The van der Waals surface area contributed by atoms with E-state index in [1.807, 2.05) is 27.2 Å². The molecular weight excluding hydrogens is 280 g/mol. The van der Waals surface area contributed by atoms with Gasteiger partial charge in [-0.15, -0.1) is 0 Å². The summed E-state index contributed by atoms with van der Waals surface area (Å²) >= 11 is 4.12. The van der Waals surface area contributed by atoms with Gasteiger partial charge in [0.1, 0.15) is 27.2 Å². The van der Waals surface area contributed by atoms with Crippen molar-refractivity contribution in [2.24, 2.45) is 0 Å². The Bertz CT molecular complexity index is 67.5. The van der Waals surface area contributed by atoms with Gasteiger partial charge in [0.2, 0.25) is 0 Å². The standard InChI is InChI=1S/C4H8S2.4CH2O.Fe/c1-2-5-4-6-3-1;4*1-2;/h1-4H2;4*1H2;. The van der Waals surface area contributed by atoms with Gasteiger partial charge in [0.05, 0.1) is 0 Å². The van der Waals surface area contributed by atoms with Crippen molar-refractivity contribution in [3.63, 3.8) is 0 Å². The Morgan fingerprint density at radius 2 is 0.933 bits per heavy atom. The van der Waals surface area contributed by atoms with Crippen LogP contribution in [0.25, 0.3) is 0 Å². The first-order chi connectivity index (χ1) is 7.00. The molecule has 0 aliphatic carbocycles. The molecular formula is C8H16FeO4S2. The van der Waals surface area contributed by atoms with Crippen molar-refractivity contribution in [2.75, 3.05) is 16.6 Å². The van der Waals surface area contributed by atoms with E-state index in [1.165, 1.54) is 23.0 Å². The summed E-state index contributed by atoms with van der Waals surface area (Å²) in [6.45, 7) is 8.00. The van der Waals surface area contributed by atoms with Crippen molar-refractivity contribution in [2.45, 2.75) is 6.42 Å². The Hall–Kier alpha value is -0.101. The molecule has 15 heavy (non-hydrogen) atoms. The fourth-order valence-electron chi connectivity index (χ4n) is 0.440. The van der Waals surface area contributed by atoms with E-state index in [0.717, 1.165) is 0 Å². The van der Waals surface area contributed by atoms with E-state index >= 15 is 0 Å². The minimum atomic E-state index is 0. The number of carbonyl (C=O) groups excluding carboxylic acids is 4. The van der Waals surface area contributed by atoms with Crippen molar-refractivity contribution < 1.29 is 36.2 Å². The molecule has 0 spiro atoms. The van der Waals surface area contributed by atoms with Crippen molar-refractivity contribution in [1.82, 2.24) is 0 Å². The van der Waals surface area contributed by atoms with Gasteiger partial charge in [0, 0.05) is 22.2 Å². The fourth-order valence-corrected chi connectivity index (χ4v) is 2.73. The predicted molar refractivity (Wildman–Crippen MR) is 62.9 cm³/mol. The van der Waals surface area contributed by atoms with Gasteiger partial charge in [-0.1, -0.05) is 0 Å². The second-order valence-corrected chi connectivity index (χ2v) is 3.86. The van der Waals surface area contributed by atoms with E-state index in [4.69, 9.17) is 19.2 Å². The molecule has 1 fully saturated rings. The van der Waals surface area contributed by atoms with E-state index in [2.05, 4.69) is 23.5 Å². The molecule has 0 atom stereocenters. The van der Waals surface area contributed by atoms with Crippen LogP contribution in [0.3, 0.4) is 0 Å². The first kappa shape index (κ1) is 29.4. The average Bonchev–Trinajstić information content (AvgIpc) is 2.41. The smallest absolute Gasteiger partial charge is 0.106 e. The third kappa shape index (κ3) is 56.5. The van der Waals surface area contributed by atoms with Crippen molar-refractivity contribution in [1.29, 1.82) is 0 Å². The van der Waals surface area contributed by atoms with Crippen LogP contribution in [0.1, 0.15) is 6.42 Å². The Labute approximate surface area is 110 Å². The Balaban J connectivity index is -0.0000000325. The van der Waals surface area contributed by atoms with Crippen LogP contribution < -0.4 is 0 Å². The number of hydrogen-bond donors (Lipinski definition) is 0. The molecule has 0 aromatic carbocycles. The summed E-state index contributed by atoms with van der Waals surface area (Å²) in [7, 11) is 0. The third-order valence-electron chi connectivity index (χ3n) is 0.744. The van der Waals surface area contributed by atoms with Crippen molar-refractivity contribution in [3.8, 4) is 0 Å². The fraction of sp³-hybridized carbons (Fsp3) is 0.500. The van der Waals surface area contributed by atoms with E-state index in [-0.39, 0.29) is 17.1 Å². The summed E-state index contributed by atoms with van der Waals surface area (Å²) < 4.78 is 0. The van der Waals surface area contributed by atoms with Crippen LogP contribution in [0.5, 0.6) is 0 Å². The maximum Gasteiger partial charge on any atom is 0.106 e. The molecule has 1 heterocycles. The topological polar surface area (TPSA) is 68.3 Å². The van der Waals surface area contributed by atoms with Gasteiger partial charge in [0.25, 0.3) is 0 Å². The van der Waals surface area contributed by atoms with E-state index in [9.17, 15) is 0 Å². The summed E-state index contributed by atoms with van der Waals surface area (Å²) in [5, 5.41) is 1.33. The maximum atomic E-state index is 8.00. The molecule has 7 heteroatoms. The van der Waals surface area contributed by atoms with Crippen LogP contribution in [0.4, 0.5) is 0 Å². The van der Waals surface area contributed by atoms with Crippen LogP contribution >= 0.6 is 23.5 Å². The molecule has 1 saturated heterocycles. The van der Waals surface area contributed by atoms with Crippen LogP contribution in [0.2, 0.25) is 0 Å². The van der Waals surface area contributed by atoms with Gasteiger partial charge < -0.3 is 19.2 Å². The molecule has 0 saturated carbocycles. The number of hydrogen-bond acceptors (Lipinski definition) is 6. The van der Waals surface area contributed by atoms with Crippen LogP contribution in [-0.2, 0) is 36.2 Å². The third-order valence-corrected chi connectivity index (χ3v) is 3.23. The van der Waals surface area contributed by atoms with Gasteiger partial charge >= 0.3 is 0 Å². The first-order valence-corrected chi connectivity index (χ1v) is 5.62. The Kier molecular flexibility index (Phi) is 130. The summed E-state index contributed by atoms with van der Waals surface area (Å²) in [6.07, 6.45) is 1.43. The molecule has 1 aliphatic heterocycles. The predicted octanol–water partition coefficient (Wildman–Crippen LogP) is 1.07. The average molecular weight is 296 g/mol. The largest absolute Gasteiger partial charge is 0.307 e. The van der Waals surface area contributed by atoms with Crippen molar-refractivity contribution in [3.05, 3.63) is 0 Å². The van der Waals surface area contributed by atoms with E-state index in [0.29, 0.717) is 0 Å². The molecule has 0 radical (unpaired) electrons. The van der Waals surface area contributed by atoms with Gasteiger partial charge in [-0.25, -0.2) is 0 Å². The Morgan fingerprint density at radius 3 is 1.00 bits per heavy atom. The Morgan fingerprint density at radius 1 is 0.667 bits per heavy atom. The van der Waals surface area contributed by atoms with Gasteiger partial charge in [0.15, 0.2) is 0 Å². The SMILES string of the molecule is C1CSCSC1.C=O.C=O.C=O.C=O.[Fe]. The molecule has 0 bridgehead atoms. The number of rotatable bonds is 0. The minimum absolute atomic E-state index is 0. The van der Waals surface area contributed by atoms with Crippen LogP contribution in [0.15, 0.2) is 0 Å². The maximum absolute atomic E-state index is 8.00. The van der Waals surface area contributed by atoms with E-state index < -0.39 is 0 Å². The zero-order valence-corrected chi connectivity index (χ0v) is 11.2. The molecule has 4 nitrogen and oxygen atoms in total. The molecule has 0 N–H and O–H groups in total. The molecule has 0 unspecified atom stereocenters. The zero-order chi connectivity index (χ0) is 12.2. The van der Waals surface area contributed by atoms with Gasteiger partial charge in [-0.05, 0) is 17.9 Å². The molecule has 0 amide bonds. The second kappa shape index (κ2) is 66.5. The normalized spacial score (nSPS) is 10.7. The summed E-state index contributed by atoms with van der Waals surface area (Å²) in [5.41, 5.74) is 0. The van der Waals surface area contributed by atoms with Crippen LogP contribution in [0, 0.1) is 0 Å². The summed E-state index contributed by atoms with van der Waals surface area (Å²) in [6, 6.07) is 0. The van der Waals surface area contributed by atoms with Crippen molar-refractivity contribution >= 4 is 50.7 Å². The van der Waals surface area contributed by atoms with Gasteiger partial charge in [-0.2, -0.15) is 23.5 Å². The minimum Gasteiger partial charge on any atom is -0.307 e.